The Morgan fingerprint density at radius 2 is 1.95 bits per heavy atom. The molecule has 1 saturated heterocycles. The third-order valence-electron chi connectivity index (χ3n) is 3.89. The minimum absolute atomic E-state index is 0.124. The molecule has 8 heteroatoms. The van der Waals surface area contributed by atoms with E-state index in [1.54, 1.807) is 17.0 Å². The zero-order valence-corrected chi connectivity index (χ0v) is 13.2. The number of benzene rings is 1. The van der Waals surface area contributed by atoms with Gasteiger partial charge in [0.1, 0.15) is 12.4 Å². The number of nitrogens with zero attached hydrogens (tertiary/aromatic N) is 2. The monoisotopic (exact) mass is 325 g/mol. The number of hydrogen-bond donors (Lipinski definition) is 1. The van der Waals surface area contributed by atoms with Crippen LogP contribution < -0.4 is 15.0 Å². The van der Waals surface area contributed by atoms with E-state index in [4.69, 9.17) is 4.74 Å². The number of nitrogens with one attached hydrogen (secondary N) is 1. The van der Waals surface area contributed by atoms with Crippen LogP contribution in [-0.2, 0) is 14.8 Å². The van der Waals surface area contributed by atoms with Gasteiger partial charge in [-0.1, -0.05) is 0 Å². The predicted molar refractivity (Wildman–Crippen MR) is 81.6 cm³/mol. The molecule has 1 fully saturated rings. The second-order valence-corrected chi connectivity index (χ2v) is 7.24. The Hall–Kier alpha value is -1.64. The molecule has 2 heterocycles. The van der Waals surface area contributed by atoms with E-state index in [9.17, 15) is 13.2 Å². The molecule has 120 valence electrons. The van der Waals surface area contributed by atoms with Gasteiger partial charge in [-0.3, -0.25) is 4.79 Å². The van der Waals surface area contributed by atoms with E-state index in [1.807, 2.05) is 0 Å². The quantitative estimate of drug-likeness (QED) is 0.830. The van der Waals surface area contributed by atoms with Crippen LogP contribution >= 0.6 is 0 Å². The maximum Gasteiger partial charge on any atom is 0.243 e. The molecule has 1 amide bonds. The van der Waals surface area contributed by atoms with Crippen LogP contribution in [0.4, 0.5) is 5.69 Å². The fraction of sp³-hybridized carbons (Fsp3) is 0.500. The van der Waals surface area contributed by atoms with Crippen molar-refractivity contribution >= 4 is 21.6 Å². The van der Waals surface area contributed by atoms with Crippen molar-refractivity contribution in [3.8, 4) is 5.75 Å². The van der Waals surface area contributed by atoms with Crippen molar-refractivity contribution < 1.29 is 17.9 Å². The summed E-state index contributed by atoms with van der Waals surface area (Å²) in [6, 6.07) is 4.70. The summed E-state index contributed by atoms with van der Waals surface area (Å²) in [6.07, 6.45) is 0. The van der Waals surface area contributed by atoms with Gasteiger partial charge in [0.25, 0.3) is 0 Å². The highest BCUT2D eigenvalue weighted by Gasteiger charge is 2.29. The van der Waals surface area contributed by atoms with Gasteiger partial charge < -0.3 is 15.0 Å². The first-order valence-electron chi connectivity index (χ1n) is 7.26. The fourth-order valence-electron chi connectivity index (χ4n) is 2.72. The van der Waals surface area contributed by atoms with Crippen molar-refractivity contribution in [2.24, 2.45) is 0 Å². The number of amides is 1. The van der Waals surface area contributed by atoms with Crippen LogP contribution in [0.25, 0.3) is 0 Å². The van der Waals surface area contributed by atoms with E-state index in [2.05, 4.69) is 5.32 Å². The molecule has 1 aromatic rings. The smallest absolute Gasteiger partial charge is 0.243 e. The second kappa shape index (κ2) is 5.86. The lowest BCUT2D eigenvalue weighted by molar-refractivity contribution is -0.116. The highest BCUT2D eigenvalue weighted by atomic mass is 32.2. The van der Waals surface area contributed by atoms with Crippen LogP contribution in [0.3, 0.4) is 0 Å². The molecule has 0 radical (unpaired) electrons. The summed E-state index contributed by atoms with van der Waals surface area (Å²) in [5, 5.41) is 3.13. The Kier molecular flexibility index (Phi) is 4.07. The summed E-state index contributed by atoms with van der Waals surface area (Å²) < 4.78 is 32.4. The van der Waals surface area contributed by atoms with E-state index in [1.165, 1.54) is 17.3 Å². The van der Waals surface area contributed by atoms with Crippen molar-refractivity contribution in [3.63, 3.8) is 0 Å². The maximum absolute atomic E-state index is 12.7. The lowest BCUT2D eigenvalue weighted by Crippen LogP contribution is -2.46. The summed E-state index contributed by atoms with van der Waals surface area (Å²) in [5.41, 5.74) is 0.523. The molecular formula is C14H19N3O4S. The zero-order valence-electron chi connectivity index (χ0n) is 12.4. The number of carbonyl (C=O) groups excluding carboxylic acids is 1. The van der Waals surface area contributed by atoms with E-state index in [0.29, 0.717) is 50.8 Å². The largest absolute Gasteiger partial charge is 0.490 e. The van der Waals surface area contributed by atoms with E-state index >= 15 is 0 Å². The number of piperazine rings is 1. The van der Waals surface area contributed by atoms with E-state index in [-0.39, 0.29) is 10.8 Å². The molecule has 1 N–H and O–H groups in total. The molecule has 0 spiro atoms. The third kappa shape index (κ3) is 2.69. The molecule has 0 aliphatic carbocycles. The molecule has 7 nitrogen and oxygen atoms in total. The Balaban J connectivity index is 1.98. The molecule has 1 aromatic carbocycles. The van der Waals surface area contributed by atoms with Gasteiger partial charge in [-0.05, 0) is 18.2 Å². The highest BCUT2D eigenvalue weighted by Crippen LogP contribution is 2.34. The van der Waals surface area contributed by atoms with Crippen LogP contribution in [0, 0.1) is 0 Å². The highest BCUT2D eigenvalue weighted by molar-refractivity contribution is 7.89. The molecule has 0 aromatic heterocycles. The number of ether oxygens (including phenoxy) is 1. The van der Waals surface area contributed by atoms with Gasteiger partial charge in [0.15, 0.2) is 0 Å². The van der Waals surface area contributed by atoms with Crippen LogP contribution in [-0.4, -0.2) is 58.0 Å². The minimum Gasteiger partial charge on any atom is -0.490 e. The summed E-state index contributed by atoms with van der Waals surface area (Å²) >= 11 is 0. The van der Waals surface area contributed by atoms with E-state index in [0.717, 1.165) is 0 Å². The molecule has 0 unspecified atom stereocenters. The van der Waals surface area contributed by atoms with Gasteiger partial charge >= 0.3 is 0 Å². The number of anilines is 1. The zero-order chi connectivity index (χ0) is 15.7. The summed E-state index contributed by atoms with van der Waals surface area (Å²) in [7, 11) is -3.54. The SMILES string of the molecule is CC(=O)N1CCOc2ccc(S(=O)(=O)N3CCNCC3)cc21. The fourth-order valence-corrected chi connectivity index (χ4v) is 4.18. The summed E-state index contributed by atoms with van der Waals surface area (Å²) in [6.45, 7) is 4.50. The molecule has 0 saturated carbocycles. The van der Waals surface area contributed by atoms with Crippen molar-refractivity contribution in [1.29, 1.82) is 0 Å². The number of fused-ring (bicyclic) bond motifs is 1. The van der Waals surface area contributed by atoms with Crippen LogP contribution in [0.5, 0.6) is 5.75 Å². The molecule has 2 aliphatic heterocycles. The summed E-state index contributed by atoms with van der Waals surface area (Å²) in [4.78, 5) is 13.5. The number of hydrogen-bond acceptors (Lipinski definition) is 5. The predicted octanol–water partition coefficient (Wildman–Crippen LogP) is 0.0258. The Morgan fingerprint density at radius 1 is 1.23 bits per heavy atom. The summed E-state index contributed by atoms with van der Waals surface area (Å²) in [5.74, 6) is 0.419. The van der Waals surface area contributed by atoms with Crippen molar-refractivity contribution in [1.82, 2.24) is 9.62 Å². The van der Waals surface area contributed by atoms with Crippen LogP contribution in [0.15, 0.2) is 23.1 Å². The molecule has 2 aliphatic rings. The van der Waals surface area contributed by atoms with Gasteiger partial charge in [0, 0.05) is 33.1 Å². The average Bonchev–Trinajstić information content (AvgIpc) is 2.54. The molecule has 22 heavy (non-hydrogen) atoms. The molecule has 0 bridgehead atoms. The normalized spacial score (nSPS) is 19.4. The first kappa shape index (κ1) is 15.3. The maximum atomic E-state index is 12.7. The van der Waals surface area contributed by atoms with Gasteiger partial charge in [0.2, 0.25) is 15.9 Å². The number of carbonyl (C=O) groups is 1. The third-order valence-corrected chi connectivity index (χ3v) is 5.78. The molecular weight excluding hydrogens is 306 g/mol. The van der Waals surface area contributed by atoms with Crippen LogP contribution in [0.1, 0.15) is 6.92 Å². The van der Waals surface area contributed by atoms with Gasteiger partial charge in [-0.15, -0.1) is 0 Å². The van der Waals surface area contributed by atoms with Crippen molar-refractivity contribution in [2.45, 2.75) is 11.8 Å². The van der Waals surface area contributed by atoms with E-state index < -0.39 is 10.0 Å². The Morgan fingerprint density at radius 3 is 2.64 bits per heavy atom. The van der Waals surface area contributed by atoms with Crippen LogP contribution in [0.2, 0.25) is 0 Å². The van der Waals surface area contributed by atoms with Gasteiger partial charge in [-0.25, -0.2) is 8.42 Å². The minimum atomic E-state index is -3.54. The number of sulfonamides is 1. The standard InChI is InChI=1S/C14H19N3O4S/c1-11(18)17-8-9-21-14-3-2-12(10-13(14)17)22(19,20)16-6-4-15-5-7-16/h2-3,10,15H,4-9H2,1H3. The molecule has 3 rings (SSSR count). The lowest BCUT2D eigenvalue weighted by Gasteiger charge is -2.30. The van der Waals surface area contributed by atoms with Crippen molar-refractivity contribution in [3.05, 3.63) is 18.2 Å². The second-order valence-electron chi connectivity index (χ2n) is 5.30. The lowest BCUT2D eigenvalue weighted by atomic mass is 10.2. The first-order valence-corrected chi connectivity index (χ1v) is 8.70. The van der Waals surface area contributed by atoms with Gasteiger partial charge in [0.05, 0.1) is 17.1 Å². The number of rotatable bonds is 2. The topological polar surface area (TPSA) is 79.0 Å². The Bertz CT molecular complexity index is 683. The van der Waals surface area contributed by atoms with Crippen molar-refractivity contribution in [2.75, 3.05) is 44.2 Å². The molecule has 0 atom stereocenters. The Labute approximate surface area is 129 Å². The average molecular weight is 325 g/mol. The first-order chi connectivity index (χ1) is 10.5. The van der Waals surface area contributed by atoms with Gasteiger partial charge in [-0.2, -0.15) is 4.31 Å².